The zero-order valence-electron chi connectivity index (χ0n) is 7.09. The molecular formula is C7H12N2O2S. The minimum Gasteiger partial charge on any atom is -0.463 e. The number of carbonyl (C=O) groups is 1. The first-order chi connectivity index (χ1) is 5.58. The van der Waals surface area contributed by atoms with Gasteiger partial charge in [-0.05, 0) is 19.3 Å². The van der Waals surface area contributed by atoms with Gasteiger partial charge in [-0.15, -0.1) is 0 Å². The van der Waals surface area contributed by atoms with Crippen molar-refractivity contribution in [2.45, 2.75) is 18.8 Å². The summed E-state index contributed by atoms with van der Waals surface area (Å²) in [6.45, 7) is 3.95. The zero-order chi connectivity index (χ0) is 9.19. The molecule has 0 radical (unpaired) electrons. The van der Waals surface area contributed by atoms with Crippen LogP contribution in [0.15, 0.2) is 11.1 Å². The van der Waals surface area contributed by atoms with E-state index < -0.39 is 11.0 Å². The first kappa shape index (κ1) is 9.41. The van der Waals surface area contributed by atoms with Gasteiger partial charge in [-0.25, -0.2) is 4.79 Å². The van der Waals surface area contributed by atoms with Crippen LogP contribution in [-0.2, 0) is 9.53 Å². The van der Waals surface area contributed by atoms with Crippen LogP contribution in [0.25, 0.3) is 0 Å². The first-order valence-corrected chi connectivity index (χ1v) is 4.55. The van der Waals surface area contributed by atoms with Crippen LogP contribution in [-0.4, -0.2) is 17.6 Å². The molecule has 0 spiro atoms. The summed E-state index contributed by atoms with van der Waals surface area (Å²) in [6, 6.07) is 0. The van der Waals surface area contributed by atoms with Crippen molar-refractivity contribution in [2.75, 3.05) is 6.61 Å². The fourth-order valence-corrected chi connectivity index (χ4v) is 1.67. The van der Waals surface area contributed by atoms with Gasteiger partial charge in [0, 0.05) is 5.70 Å². The third-order valence-electron chi connectivity index (χ3n) is 1.38. The lowest BCUT2D eigenvalue weighted by Crippen LogP contribution is -2.54. The number of thioether (sulfide) groups is 1. The summed E-state index contributed by atoms with van der Waals surface area (Å²) < 4.78 is 4.80. The number of allylic oxidation sites excluding steroid dienone is 1. The van der Waals surface area contributed by atoms with Crippen LogP contribution < -0.4 is 11.1 Å². The number of ether oxygens (including phenoxy) is 1. The molecule has 1 heterocycles. The molecule has 0 aromatic rings. The lowest BCUT2D eigenvalue weighted by molar-refractivity contribution is -0.146. The van der Waals surface area contributed by atoms with Gasteiger partial charge in [0.2, 0.25) is 4.99 Å². The zero-order valence-corrected chi connectivity index (χ0v) is 7.90. The van der Waals surface area contributed by atoms with Gasteiger partial charge in [0.1, 0.15) is 0 Å². The van der Waals surface area contributed by atoms with Crippen LogP contribution >= 0.6 is 11.8 Å². The molecule has 0 fully saturated rings. The second-order valence-corrected chi connectivity index (χ2v) is 3.62. The highest BCUT2D eigenvalue weighted by Gasteiger charge is 2.39. The predicted octanol–water partition coefficient (Wildman–Crippen LogP) is 0.360. The predicted molar refractivity (Wildman–Crippen MR) is 48.0 cm³/mol. The molecule has 0 aromatic carbocycles. The Morgan fingerprint density at radius 2 is 2.58 bits per heavy atom. The normalized spacial score (nSPS) is 27.8. The van der Waals surface area contributed by atoms with Crippen molar-refractivity contribution < 1.29 is 9.53 Å². The molecule has 12 heavy (non-hydrogen) atoms. The van der Waals surface area contributed by atoms with Gasteiger partial charge in [0.15, 0.2) is 0 Å². The average molecular weight is 188 g/mol. The van der Waals surface area contributed by atoms with E-state index in [2.05, 4.69) is 5.32 Å². The van der Waals surface area contributed by atoms with E-state index in [0.717, 1.165) is 5.70 Å². The van der Waals surface area contributed by atoms with Crippen molar-refractivity contribution in [3.63, 3.8) is 0 Å². The van der Waals surface area contributed by atoms with Crippen molar-refractivity contribution >= 4 is 17.7 Å². The monoisotopic (exact) mass is 188 g/mol. The Kier molecular flexibility index (Phi) is 2.64. The van der Waals surface area contributed by atoms with Crippen molar-refractivity contribution in [1.82, 2.24) is 5.32 Å². The van der Waals surface area contributed by atoms with E-state index in [1.54, 1.807) is 12.3 Å². The van der Waals surface area contributed by atoms with Crippen LogP contribution in [0.4, 0.5) is 0 Å². The molecule has 0 bridgehead atoms. The summed E-state index contributed by atoms with van der Waals surface area (Å²) in [5.74, 6) is -0.428. The van der Waals surface area contributed by atoms with Crippen LogP contribution in [0.5, 0.6) is 0 Å². The Hall–Kier alpha value is -0.680. The second kappa shape index (κ2) is 3.37. The Morgan fingerprint density at radius 3 is 3.00 bits per heavy atom. The quantitative estimate of drug-likeness (QED) is 0.612. The number of rotatable bonds is 2. The highest BCUT2D eigenvalue weighted by Crippen LogP contribution is 2.27. The van der Waals surface area contributed by atoms with Gasteiger partial charge >= 0.3 is 5.97 Å². The van der Waals surface area contributed by atoms with Gasteiger partial charge in [-0.3, -0.25) is 5.73 Å². The Balaban J connectivity index is 2.57. The maximum Gasteiger partial charge on any atom is 0.358 e. The summed E-state index contributed by atoms with van der Waals surface area (Å²) in [7, 11) is 0. The molecule has 0 saturated carbocycles. The standard InChI is InChI=1S/C7H12N2O2S/c1-3-11-6(10)7(8)9-5(2)4-12-7/h4,9H,3,8H2,1-2H3. The van der Waals surface area contributed by atoms with Crippen LogP contribution in [0.1, 0.15) is 13.8 Å². The van der Waals surface area contributed by atoms with Crippen LogP contribution in [0.3, 0.4) is 0 Å². The van der Waals surface area contributed by atoms with Gasteiger partial charge in [-0.1, -0.05) is 11.8 Å². The second-order valence-electron chi connectivity index (χ2n) is 2.50. The molecule has 0 amide bonds. The number of carbonyl (C=O) groups excluding carboxylic acids is 1. The molecule has 1 aliphatic heterocycles. The molecule has 1 rings (SSSR count). The number of nitrogens with two attached hydrogens (primary N) is 1. The third kappa shape index (κ3) is 1.73. The Bertz CT molecular complexity index is 229. The molecule has 3 N–H and O–H groups in total. The van der Waals surface area contributed by atoms with E-state index >= 15 is 0 Å². The summed E-state index contributed by atoms with van der Waals surface area (Å²) in [5.41, 5.74) is 6.59. The molecule has 0 aliphatic carbocycles. The fraction of sp³-hybridized carbons (Fsp3) is 0.571. The Morgan fingerprint density at radius 1 is 1.92 bits per heavy atom. The van der Waals surface area contributed by atoms with Crippen LogP contribution in [0.2, 0.25) is 0 Å². The van der Waals surface area contributed by atoms with E-state index in [-0.39, 0.29) is 0 Å². The van der Waals surface area contributed by atoms with E-state index in [1.165, 1.54) is 11.8 Å². The summed E-state index contributed by atoms with van der Waals surface area (Å²) in [6.07, 6.45) is 0. The smallest absolute Gasteiger partial charge is 0.358 e. The molecule has 5 heteroatoms. The SMILES string of the molecule is CCOC(=O)C1(N)NC(C)=CS1. The molecule has 0 aromatic heterocycles. The lowest BCUT2D eigenvalue weighted by Gasteiger charge is -2.21. The van der Waals surface area contributed by atoms with Gasteiger partial charge in [0.25, 0.3) is 0 Å². The van der Waals surface area contributed by atoms with Crippen LogP contribution in [0, 0.1) is 0 Å². The largest absolute Gasteiger partial charge is 0.463 e. The maximum atomic E-state index is 11.2. The molecular weight excluding hydrogens is 176 g/mol. The number of esters is 1. The minimum absolute atomic E-state index is 0.346. The van der Waals surface area contributed by atoms with E-state index in [9.17, 15) is 4.79 Å². The highest BCUT2D eigenvalue weighted by atomic mass is 32.2. The van der Waals surface area contributed by atoms with Crippen molar-refractivity contribution in [1.29, 1.82) is 0 Å². The molecule has 1 aliphatic rings. The summed E-state index contributed by atoms with van der Waals surface area (Å²) >= 11 is 1.23. The number of hydrogen-bond donors (Lipinski definition) is 2. The van der Waals surface area contributed by atoms with Crippen molar-refractivity contribution in [3.8, 4) is 0 Å². The van der Waals surface area contributed by atoms with Gasteiger partial charge in [0.05, 0.1) is 6.61 Å². The molecule has 1 unspecified atom stereocenters. The van der Waals surface area contributed by atoms with E-state index in [4.69, 9.17) is 10.5 Å². The first-order valence-electron chi connectivity index (χ1n) is 3.67. The average Bonchev–Trinajstić information content (AvgIpc) is 2.33. The number of hydrogen-bond acceptors (Lipinski definition) is 5. The molecule has 68 valence electrons. The fourth-order valence-electron chi connectivity index (χ4n) is 0.871. The topological polar surface area (TPSA) is 64.3 Å². The van der Waals surface area contributed by atoms with E-state index in [0.29, 0.717) is 6.61 Å². The lowest BCUT2D eigenvalue weighted by atomic mass is 10.4. The third-order valence-corrected chi connectivity index (χ3v) is 2.50. The summed E-state index contributed by atoms with van der Waals surface area (Å²) in [5, 5.41) is 4.64. The number of nitrogens with one attached hydrogen (secondary N) is 1. The maximum absolute atomic E-state index is 11.2. The molecule has 4 nitrogen and oxygen atoms in total. The van der Waals surface area contributed by atoms with Gasteiger partial charge in [-0.2, -0.15) is 0 Å². The van der Waals surface area contributed by atoms with Crippen molar-refractivity contribution in [2.24, 2.45) is 5.73 Å². The molecule has 0 saturated heterocycles. The van der Waals surface area contributed by atoms with Gasteiger partial charge < -0.3 is 10.1 Å². The summed E-state index contributed by atoms with van der Waals surface area (Å²) in [4.78, 5) is 10.1. The highest BCUT2D eigenvalue weighted by molar-refractivity contribution is 8.04. The minimum atomic E-state index is -1.11. The van der Waals surface area contributed by atoms with Crippen molar-refractivity contribution in [3.05, 3.63) is 11.1 Å². The van der Waals surface area contributed by atoms with E-state index in [1.807, 2.05) is 6.92 Å². The molecule has 1 atom stereocenters. The Labute approximate surface area is 75.5 Å².